The van der Waals surface area contributed by atoms with E-state index in [9.17, 15) is 9.59 Å². The number of hydrogen-bond acceptors (Lipinski definition) is 5. The summed E-state index contributed by atoms with van der Waals surface area (Å²) in [5, 5.41) is 11.9. The van der Waals surface area contributed by atoms with Gasteiger partial charge in [-0.25, -0.2) is 9.97 Å². The van der Waals surface area contributed by atoms with Gasteiger partial charge in [0.1, 0.15) is 10.9 Å². The molecule has 2 N–H and O–H groups in total. The smallest absolute Gasteiger partial charge is 0.305 e. The van der Waals surface area contributed by atoms with Gasteiger partial charge in [0.2, 0.25) is 0 Å². The summed E-state index contributed by atoms with van der Waals surface area (Å²) >= 11 is 1.36. The highest BCUT2D eigenvalue weighted by Crippen LogP contribution is 2.20. The molecule has 1 amide bonds. The van der Waals surface area contributed by atoms with Crippen molar-refractivity contribution < 1.29 is 14.7 Å². The van der Waals surface area contributed by atoms with Crippen LogP contribution in [-0.2, 0) is 4.79 Å². The Kier molecular flexibility index (Phi) is 5.29. The van der Waals surface area contributed by atoms with Gasteiger partial charge in [-0.1, -0.05) is 0 Å². The van der Waals surface area contributed by atoms with Crippen molar-refractivity contribution in [3.63, 3.8) is 0 Å². The highest BCUT2D eigenvalue weighted by atomic mass is 32.2. The quantitative estimate of drug-likeness (QED) is 0.627. The van der Waals surface area contributed by atoms with Crippen LogP contribution >= 0.6 is 11.8 Å². The molecule has 0 fully saturated rings. The number of aliphatic carboxylic acids is 1. The number of aromatic nitrogens is 2. The molecule has 7 heteroatoms. The van der Waals surface area contributed by atoms with E-state index in [1.807, 2.05) is 6.26 Å². The molecule has 0 aromatic carbocycles. The Balaban J connectivity index is 2.96. The Morgan fingerprint density at radius 1 is 1.37 bits per heavy atom. The average Bonchev–Trinajstić information content (AvgIpc) is 2.25. The van der Waals surface area contributed by atoms with Crippen LogP contribution in [0.5, 0.6) is 0 Å². The minimum absolute atomic E-state index is 0.119. The molecular formula is C12H17N3O3S. The van der Waals surface area contributed by atoms with E-state index in [-0.39, 0.29) is 12.3 Å². The van der Waals surface area contributed by atoms with E-state index in [0.717, 1.165) is 0 Å². The molecule has 19 heavy (non-hydrogen) atoms. The van der Waals surface area contributed by atoms with Gasteiger partial charge >= 0.3 is 5.97 Å². The summed E-state index contributed by atoms with van der Waals surface area (Å²) in [6.07, 6.45) is 1.71. The number of nitrogens with one attached hydrogen (secondary N) is 1. The second kappa shape index (κ2) is 6.51. The van der Waals surface area contributed by atoms with Crippen LogP contribution in [0.2, 0.25) is 0 Å². The lowest BCUT2D eigenvalue weighted by Crippen LogP contribution is -2.35. The molecular weight excluding hydrogens is 266 g/mol. The van der Waals surface area contributed by atoms with Crippen LogP contribution in [0.15, 0.2) is 5.03 Å². The lowest BCUT2D eigenvalue weighted by molar-refractivity contribution is -0.137. The van der Waals surface area contributed by atoms with E-state index in [2.05, 4.69) is 15.3 Å². The number of amides is 1. The molecule has 1 unspecified atom stereocenters. The molecule has 104 valence electrons. The van der Waals surface area contributed by atoms with E-state index in [0.29, 0.717) is 22.1 Å². The Labute approximate surface area is 116 Å². The fraction of sp³-hybridized carbons (Fsp3) is 0.500. The molecule has 0 bridgehead atoms. The van der Waals surface area contributed by atoms with Crippen molar-refractivity contribution in [1.29, 1.82) is 0 Å². The zero-order valence-corrected chi connectivity index (χ0v) is 12.2. The van der Waals surface area contributed by atoms with Gasteiger partial charge in [-0.15, -0.1) is 11.8 Å². The molecule has 1 aromatic heterocycles. The van der Waals surface area contributed by atoms with Crippen LogP contribution in [0.3, 0.4) is 0 Å². The van der Waals surface area contributed by atoms with Crippen molar-refractivity contribution in [1.82, 2.24) is 15.3 Å². The standard InChI is InChI=1S/C12H17N3O3S/c1-6(5-9(16)17)13-11(18)10-7(2)14-8(3)15-12(10)19-4/h6H,5H2,1-4H3,(H,13,18)(H,16,17). The molecule has 0 aliphatic heterocycles. The molecule has 1 atom stereocenters. The van der Waals surface area contributed by atoms with Crippen molar-refractivity contribution in [2.45, 2.75) is 38.3 Å². The first-order valence-electron chi connectivity index (χ1n) is 5.77. The van der Waals surface area contributed by atoms with Gasteiger partial charge < -0.3 is 10.4 Å². The highest BCUT2D eigenvalue weighted by molar-refractivity contribution is 7.98. The number of carbonyl (C=O) groups excluding carboxylic acids is 1. The lowest BCUT2D eigenvalue weighted by atomic mass is 10.2. The van der Waals surface area contributed by atoms with Gasteiger partial charge in [0.15, 0.2) is 0 Å². The number of hydrogen-bond donors (Lipinski definition) is 2. The third kappa shape index (κ3) is 4.20. The Bertz CT molecular complexity index is 505. The van der Waals surface area contributed by atoms with Crippen LogP contribution in [-0.4, -0.2) is 39.2 Å². The van der Waals surface area contributed by atoms with E-state index in [1.54, 1.807) is 20.8 Å². The molecule has 0 saturated carbocycles. The summed E-state index contributed by atoms with van der Waals surface area (Å²) in [5.74, 6) is -0.678. The molecule has 0 spiro atoms. The van der Waals surface area contributed by atoms with Gasteiger partial charge in [-0.2, -0.15) is 0 Å². The second-order valence-electron chi connectivity index (χ2n) is 4.21. The molecule has 1 rings (SSSR count). The van der Waals surface area contributed by atoms with E-state index in [4.69, 9.17) is 5.11 Å². The summed E-state index contributed by atoms with van der Waals surface area (Å²) in [6.45, 7) is 5.15. The maximum Gasteiger partial charge on any atom is 0.305 e. The maximum atomic E-state index is 12.2. The highest BCUT2D eigenvalue weighted by Gasteiger charge is 2.19. The number of aryl methyl sites for hydroxylation is 2. The first kappa shape index (κ1) is 15.4. The molecule has 0 saturated heterocycles. The van der Waals surface area contributed by atoms with Gasteiger partial charge in [0.05, 0.1) is 17.7 Å². The van der Waals surface area contributed by atoms with Crippen LogP contribution in [0.1, 0.15) is 35.2 Å². The van der Waals surface area contributed by atoms with Gasteiger partial charge in [-0.3, -0.25) is 9.59 Å². The Hall–Kier alpha value is -1.63. The SMILES string of the molecule is CSc1nc(C)nc(C)c1C(=O)NC(C)CC(=O)O. The summed E-state index contributed by atoms with van der Waals surface area (Å²) in [5.41, 5.74) is 1.01. The van der Waals surface area contributed by atoms with Crippen LogP contribution in [0, 0.1) is 13.8 Å². The molecule has 0 aliphatic carbocycles. The molecule has 6 nitrogen and oxygen atoms in total. The van der Waals surface area contributed by atoms with Crippen molar-refractivity contribution in [3.8, 4) is 0 Å². The van der Waals surface area contributed by atoms with Crippen molar-refractivity contribution in [2.75, 3.05) is 6.26 Å². The van der Waals surface area contributed by atoms with E-state index in [1.165, 1.54) is 11.8 Å². The number of carboxylic acids is 1. The lowest BCUT2D eigenvalue weighted by Gasteiger charge is -2.14. The number of carboxylic acid groups (broad SMARTS) is 1. The Morgan fingerprint density at radius 3 is 2.53 bits per heavy atom. The van der Waals surface area contributed by atoms with Gasteiger partial charge in [0, 0.05) is 6.04 Å². The minimum Gasteiger partial charge on any atom is -0.481 e. The molecule has 0 radical (unpaired) electrons. The number of rotatable bonds is 5. The normalized spacial score (nSPS) is 12.0. The maximum absolute atomic E-state index is 12.2. The van der Waals surface area contributed by atoms with Crippen LogP contribution in [0.25, 0.3) is 0 Å². The monoisotopic (exact) mass is 283 g/mol. The van der Waals surface area contributed by atoms with Crippen LogP contribution in [0.4, 0.5) is 0 Å². The third-order valence-electron chi connectivity index (χ3n) is 2.45. The predicted octanol–water partition coefficient (Wildman–Crippen LogP) is 1.41. The van der Waals surface area contributed by atoms with Gasteiger partial charge in [0.25, 0.3) is 5.91 Å². The van der Waals surface area contributed by atoms with Crippen molar-refractivity contribution in [2.24, 2.45) is 0 Å². The summed E-state index contributed by atoms with van der Waals surface area (Å²) in [7, 11) is 0. The van der Waals surface area contributed by atoms with E-state index >= 15 is 0 Å². The largest absolute Gasteiger partial charge is 0.481 e. The topological polar surface area (TPSA) is 92.2 Å². The molecule has 1 heterocycles. The number of thioether (sulfide) groups is 1. The van der Waals surface area contributed by atoms with Crippen molar-refractivity contribution in [3.05, 3.63) is 17.1 Å². The zero-order chi connectivity index (χ0) is 14.6. The molecule has 1 aromatic rings. The number of carbonyl (C=O) groups is 2. The second-order valence-corrected chi connectivity index (χ2v) is 5.01. The predicted molar refractivity (Wildman–Crippen MR) is 72.5 cm³/mol. The summed E-state index contributed by atoms with van der Waals surface area (Å²) in [4.78, 5) is 31.1. The first-order valence-corrected chi connectivity index (χ1v) is 6.99. The minimum atomic E-state index is -0.949. The third-order valence-corrected chi connectivity index (χ3v) is 3.13. The summed E-state index contributed by atoms with van der Waals surface area (Å²) in [6, 6.07) is -0.444. The Morgan fingerprint density at radius 2 is 2.00 bits per heavy atom. The summed E-state index contributed by atoms with van der Waals surface area (Å²) < 4.78 is 0. The van der Waals surface area contributed by atoms with Crippen molar-refractivity contribution >= 4 is 23.6 Å². The fourth-order valence-electron chi connectivity index (χ4n) is 1.70. The fourth-order valence-corrected chi connectivity index (χ4v) is 2.37. The molecule has 0 aliphatic rings. The van der Waals surface area contributed by atoms with Gasteiger partial charge in [-0.05, 0) is 27.0 Å². The average molecular weight is 283 g/mol. The zero-order valence-electron chi connectivity index (χ0n) is 11.4. The number of nitrogens with zero attached hydrogens (tertiary/aromatic N) is 2. The van der Waals surface area contributed by atoms with E-state index < -0.39 is 12.0 Å². The first-order chi connectivity index (χ1) is 8.85. The van der Waals surface area contributed by atoms with Crippen LogP contribution < -0.4 is 5.32 Å².